The fourth-order valence-corrected chi connectivity index (χ4v) is 1.61. The van der Waals surface area contributed by atoms with Crippen molar-refractivity contribution in [2.45, 2.75) is 20.8 Å². The predicted molar refractivity (Wildman–Crippen MR) is 65.1 cm³/mol. The molecule has 1 aromatic heterocycles. The lowest BCUT2D eigenvalue weighted by atomic mass is 10.1. The van der Waals surface area contributed by atoms with Crippen LogP contribution < -0.4 is 5.32 Å². The molecule has 0 radical (unpaired) electrons. The maximum atomic E-state index is 11.8. The molecule has 1 N–H and O–H groups in total. The Kier molecular flexibility index (Phi) is 2.95. The fourth-order valence-electron chi connectivity index (χ4n) is 1.61. The summed E-state index contributed by atoms with van der Waals surface area (Å²) in [6, 6.07) is 7.47. The van der Waals surface area contributed by atoms with E-state index in [1.54, 1.807) is 13.0 Å². The third-order valence-electron chi connectivity index (χ3n) is 2.49. The lowest BCUT2D eigenvalue weighted by Crippen LogP contribution is -2.13. The fraction of sp³-hybridized carbons (Fsp3) is 0.231. The number of benzene rings is 1. The van der Waals surface area contributed by atoms with Crippen LogP contribution in [0.3, 0.4) is 0 Å². The number of carbonyl (C=O) groups excluding carboxylic acids is 1. The number of hydrogen-bond donors (Lipinski definition) is 1. The first-order valence-electron chi connectivity index (χ1n) is 5.38. The largest absolute Gasteiger partial charge is 0.361 e. The van der Waals surface area contributed by atoms with Crippen LogP contribution in [0.5, 0.6) is 0 Å². The second-order valence-corrected chi connectivity index (χ2v) is 4.10. The van der Waals surface area contributed by atoms with Gasteiger partial charge in [0.25, 0.3) is 5.91 Å². The van der Waals surface area contributed by atoms with E-state index >= 15 is 0 Å². The minimum Gasteiger partial charge on any atom is -0.361 e. The summed E-state index contributed by atoms with van der Waals surface area (Å²) in [5.41, 5.74) is 3.28. The molecule has 0 aliphatic heterocycles. The maximum Gasteiger partial charge on any atom is 0.277 e. The van der Waals surface area contributed by atoms with Gasteiger partial charge in [0.1, 0.15) is 5.76 Å². The number of carbonyl (C=O) groups is 1. The van der Waals surface area contributed by atoms with Crippen LogP contribution >= 0.6 is 0 Å². The van der Waals surface area contributed by atoms with Crippen molar-refractivity contribution < 1.29 is 9.32 Å². The normalized spacial score (nSPS) is 10.3. The number of nitrogens with zero attached hydrogens (tertiary/aromatic N) is 1. The average molecular weight is 230 g/mol. The Bertz CT molecular complexity index is 558. The monoisotopic (exact) mass is 230 g/mol. The second kappa shape index (κ2) is 4.41. The molecule has 17 heavy (non-hydrogen) atoms. The van der Waals surface area contributed by atoms with Crippen LogP contribution in [0.1, 0.15) is 27.4 Å². The third-order valence-corrected chi connectivity index (χ3v) is 2.49. The molecule has 2 rings (SSSR count). The first-order valence-corrected chi connectivity index (χ1v) is 5.38. The van der Waals surface area contributed by atoms with Crippen molar-refractivity contribution in [3.8, 4) is 0 Å². The Hall–Kier alpha value is -2.10. The maximum absolute atomic E-state index is 11.8. The summed E-state index contributed by atoms with van der Waals surface area (Å²) in [5, 5.41) is 6.48. The van der Waals surface area contributed by atoms with E-state index in [0.29, 0.717) is 11.5 Å². The first kappa shape index (κ1) is 11.4. The minimum atomic E-state index is -0.256. The highest BCUT2D eigenvalue weighted by atomic mass is 16.5. The van der Waals surface area contributed by atoms with Crippen molar-refractivity contribution in [3.63, 3.8) is 0 Å². The molecule has 0 saturated carbocycles. The Morgan fingerprint density at radius 2 is 2.00 bits per heavy atom. The summed E-state index contributed by atoms with van der Waals surface area (Å²) in [4.78, 5) is 11.8. The molecule has 0 aliphatic carbocycles. The molecule has 0 bridgehead atoms. The smallest absolute Gasteiger partial charge is 0.277 e. The minimum absolute atomic E-state index is 0.256. The summed E-state index contributed by atoms with van der Waals surface area (Å²) >= 11 is 0. The van der Waals surface area contributed by atoms with Crippen LogP contribution in [-0.4, -0.2) is 11.1 Å². The molecule has 0 fully saturated rings. The van der Waals surface area contributed by atoms with Crippen molar-refractivity contribution in [2.75, 3.05) is 5.32 Å². The van der Waals surface area contributed by atoms with E-state index in [2.05, 4.69) is 10.5 Å². The standard InChI is InChI=1S/C13H14N2O2/c1-8-4-5-11(9(2)6-8)14-13(16)12-7-10(3)17-15-12/h4-7H,1-3H3,(H,14,16). The highest BCUT2D eigenvalue weighted by molar-refractivity contribution is 6.03. The van der Waals surface area contributed by atoms with Gasteiger partial charge in [-0.05, 0) is 32.4 Å². The summed E-state index contributed by atoms with van der Waals surface area (Å²) in [6.07, 6.45) is 0. The van der Waals surface area contributed by atoms with Crippen molar-refractivity contribution in [1.82, 2.24) is 5.16 Å². The van der Waals surface area contributed by atoms with Gasteiger partial charge in [-0.25, -0.2) is 0 Å². The zero-order chi connectivity index (χ0) is 12.4. The zero-order valence-electron chi connectivity index (χ0n) is 10.1. The topological polar surface area (TPSA) is 55.1 Å². The van der Waals surface area contributed by atoms with Gasteiger partial charge in [0.15, 0.2) is 5.69 Å². The van der Waals surface area contributed by atoms with Crippen molar-refractivity contribution in [3.05, 3.63) is 46.8 Å². The van der Waals surface area contributed by atoms with Gasteiger partial charge in [0.2, 0.25) is 0 Å². The van der Waals surface area contributed by atoms with E-state index in [-0.39, 0.29) is 5.91 Å². The van der Waals surface area contributed by atoms with Gasteiger partial charge in [-0.15, -0.1) is 0 Å². The Morgan fingerprint density at radius 1 is 1.24 bits per heavy atom. The number of nitrogens with one attached hydrogen (secondary N) is 1. The van der Waals surface area contributed by atoms with Crippen molar-refractivity contribution in [1.29, 1.82) is 0 Å². The summed E-state index contributed by atoms with van der Waals surface area (Å²) in [6.45, 7) is 5.72. The Morgan fingerprint density at radius 3 is 2.59 bits per heavy atom. The van der Waals surface area contributed by atoms with E-state index < -0.39 is 0 Å². The number of anilines is 1. The number of rotatable bonds is 2. The molecule has 4 nitrogen and oxygen atoms in total. The van der Waals surface area contributed by atoms with Gasteiger partial charge in [-0.3, -0.25) is 4.79 Å². The number of amides is 1. The molecule has 1 aromatic carbocycles. The third kappa shape index (κ3) is 2.53. The second-order valence-electron chi connectivity index (χ2n) is 4.10. The van der Waals surface area contributed by atoms with E-state index in [1.165, 1.54) is 0 Å². The Labute approximate surface area is 99.6 Å². The molecular weight excluding hydrogens is 216 g/mol. The van der Waals surface area contributed by atoms with E-state index in [9.17, 15) is 4.79 Å². The van der Waals surface area contributed by atoms with E-state index in [1.807, 2.05) is 32.0 Å². The molecule has 0 aliphatic rings. The average Bonchev–Trinajstić information content (AvgIpc) is 2.69. The van der Waals surface area contributed by atoms with Crippen LogP contribution in [0.25, 0.3) is 0 Å². The summed E-state index contributed by atoms with van der Waals surface area (Å²) in [5.74, 6) is 0.365. The quantitative estimate of drug-likeness (QED) is 0.863. The number of aromatic nitrogens is 1. The number of aryl methyl sites for hydroxylation is 3. The van der Waals surface area contributed by atoms with Crippen LogP contribution in [0, 0.1) is 20.8 Å². The van der Waals surface area contributed by atoms with Crippen LogP contribution in [0.4, 0.5) is 5.69 Å². The van der Waals surface area contributed by atoms with Gasteiger partial charge >= 0.3 is 0 Å². The highest BCUT2D eigenvalue weighted by Gasteiger charge is 2.11. The molecule has 88 valence electrons. The van der Waals surface area contributed by atoms with Gasteiger partial charge in [-0.2, -0.15) is 0 Å². The Balaban J connectivity index is 2.18. The molecule has 0 spiro atoms. The van der Waals surface area contributed by atoms with E-state index in [4.69, 9.17) is 4.52 Å². The molecule has 0 saturated heterocycles. The van der Waals surface area contributed by atoms with Gasteiger partial charge in [-0.1, -0.05) is 22.9 Å². The summed E-state index contributed by atoms with van der Waals surface area (Å²) < 4.78 is 4.86. The molecule has 2 aromatic rings. The highest BCUT2D eigenvalue weighted by Crippen LogP contribution is 2.17. The van der Waals surface area contributed by atoms with E-state index in [0.717, 1.165) is 16.8 Å². The number of hydrogen-bond acceptors (Lipinski definition) is 3. The lowest BCUT2D eigenvalue weighted by Gasteiger charge is -2.07. The first-order chi connectivity index (χ1) is 8.06. The molecule has 1 amide bonds. The molecule has 0 atom stereocenters. The van der Waals surface area contributed by atoms with Gasteiger partial charge in [0.05, 0.1) is 0 Å². The predicted octanol–water partition coefficient (Wildman–Crippen LogP) is 2.85. The van der Waals surface area contributed by atoms with Crippen molar-refractivity contribution in [2.24, 2.45) is 0 Å². The van der Waals surface area contributed by atoms with Crippen LogP contribution in [-0.2, 0) is 0 Å². The SMILES string of the molecule is Cc1ccc(NC(=O)c2cc(C)on2)c(C)c1. The van der Waals surface area contributed by atoms with Crippen molar-refractivity contribution >= 4 is 11.6 Å². The van der Waals surface area contributed by atoms with Crippen LogP contribution in [0.2, 0.25) is 0 Å². The van der Waals surface area contributed by atoms with Crippen LogP contribution in [0.15, 0.2) is 28.8 Å². The van der Waals surface area contributed by atoms with Gasteiger partial charge in [0, 0.05) is 11.8 Å². The molecular formula is C13H14N2O2. The summed E-state index contributed by atoms with van der Waals surface area (Å²) in [7, 11) is 0. The molecule has 0 unspecified atom stereocenters. The molecule has 1 heterocycles. The zero-order valence-corrected chi connectivity index (χ0v) is 10.1. The van der Waals surface area contributed by atoms with Gasteiger partial charge < -0.3 is 9.84 Å². The lowest BCUT2D eigenvalue weighted by molar-refractivity contribution is 0.101. The molecule has 4 heteroatoms.